The van der Waals surface area contributed by atoms with Gasteiger partial charge in [0.1, 0.15) is 29.1 Å². The molecular weight excluding hydrogens is 560 g/mol. The third-order valence-corrected chi connectivity index (χ3v) is 7.95. The molecule has 0 amide bonds. The number of aliphatic hydroxyl groups is 1. The van der Waals surface area contributed by atoms with Crippen LogP contribution in [0.15, 0.2) is 66.2 Å². The lowest BCUT2D eigenvalue weighted by molar-refractivity contribution is -0.189. The van der Waals surface area contributed by atoms with E-state index in [4.69, 9.17) is 28.4 Å². The first-order valence-corrected chi connectivity index (χ1v) is 15.1. The normalized spacial score (nSPS) is 16.9. The van der Waals surface area contributed by atoms with Crippen LogP contribution in [0.1, 0.15) is 73.8 Å². The molecule has 2 atom stereocenters. The first kappa shape index (κ1) is 32.9. The number of carbonyl (C=O) groups excluding carboxylic acids is 1. The van der Waals surface area contributed by atoms with Gasteiger partial charge in [-0.1, -0.05) is 51.2 Å². The van der Waals surface area contributed by atoms with Gasteiger partial charge in [-0.3, -0.25) is 0 Å². The summed E-state index contributed by atoms with van der Waals surface area (Å²) in [7, 11) is 6.26. The maximum Gasteiger partial charge on any atom is 0.342 e. The van der Waals surface area contributed by atoms with Gasteiger partial charge < -0.3 is 33.5 Å². The molecule has 0 bridgehead atoms. The van der Waals surface area contributed by atoms with Gasteiger partial charge in [0.2, 0.25) is 0 Å². The van der Waals surface area contributed by atoms with Crippen molar-refractivity contribution in [3.8, 4) is 23.0 Å². The second kappa shape index (κ2) is 15.1. The van der Waals surface area contributed by atoms with E-state index in [9.17, 15) is 9.90 Å². The number of rotatable bonds is 16. The number of aryl methyl sites for hydroxylation is 1. The molecule has 44 heavy (non-hydrogen) atoms. The number of ether oxygens (including phenoxy) is 6. The van der Waals surface area contributed by atoms with Gasteiger partial charge in [0, 0.05) is 18.2 Å². The molecule has 1 aliphatic heterocycles. The van der Waals surface area contributed by atoms with Crippen molar-refractivity contribution in [2.45, 2.75) is 64.3 Å². The molecule has 4 rings (SSSR count). The number of benzene rings is 3. The fraction of sp³-hybridized carbons (Fsp3) is 0.417. The van der Waals surface area contributed by atoms with Crippen LogP contribution in [0.2, 0.25) is 0 Å². The molecule has 236 valence electrons. The van der Waals surface area contributed by atoms with Crippen LogP contribution in [-0.4, -0.2) is 46.1 Å². The Morgan fingerprint density at radius 3 is 2.11 bits per heavy atom. The molecule has 3 aromatic carbocycles. The van der Waals surface area contributed by atoms with Gasteiger partial charge in [0.15, 0.2) is 0 Å². The number of methoxy groups -OCH3 is 4. The van der Waals surface area contributed by atoms with Crippen LogP contribution in [0, 0.1) is 6.92 Å². The predicted octanol–water partition coefficient (Wildman–Crippen LogP) is 7.30. The Hall–Kier alpha value is -4.01. The zero-order valence-corrected chi connectivity index (χ0v) is 26.6. The van der Waals surface area contributed by atoms with E-state index < -0.39 is 17.9 Å². The van der Waals surface area contributed by atoms with Crippen LogP contribution in [0.5, 0.6) is 23.0 Å². The lowest BCUT2D eigenvalue weighted by atomic mass is 9.85. The summed E-state index contributed by atoms with van der Waals surface area (Å²) in [6.45, 7) is 4.48. The second-order valence-corrected chi connectivity index (χ2v) is 10.9. The lowest BCUT2D eigenvalue weighted by Crippen LogP contribution is -2.32. The predicted molar refractivity (Wildman–Crippen MR) is 169 cm³/mol. The summed E-state index contributed by atoms with van der Waals surface area (Å²) in [5.74, 6) is -0.596. The maximum absolute atomic E-state index is 13.9. The molecule has 1 heterocycles. The second-order valence-electron chi connectivity index (χ2n) is 10.9. The van der Waals surface area contributed by atoms with Gasteiger partial charge in [0.25, 0.3) is 5.79 Å². The largest absolute Gasteiger partial charge is 0.497 e. The molecule has 1 aliphatic rings. The molecule has 0 radical (unpaired) electrons. The van der Waals surface area contributed by atoms with Crippen molar-refractivity contribution in [2.24, 2.45) is 0 Å². The van der Waals surface area contributed by atoms with Gasteiger partial charge in [-0.05, 0) is 72.5 Å². The minimum Gasteiger partial charge on any atom is -0.497 e. The molecule has 8 heteroatoms. The Morgan fingerprint density at radius 1 is 0.795 bits per heavy atom. The van der Waals surface area contributed by atoms with Gasteiger partial charge in [0.05, 0.1) is 39.6 Å². The number of cyclic esters (lactones) is 1. The molecule has 0 saturated carbocycles. The van der Waals surface area contributed by atoms with E-state index in [0.717, 1.165) is 24.8 Å². The highest BCUT2D eigenvalue weighted by atomic mass is 16.7. The van der Waals surface area contributed by atoms with E-state index in [1.165, 1.54) is 19.3 Å². The van der Waals surface area contributed by atoms with Crippen LogP contribution in [0.25, 0.3) is 5.57 Å². The first-order chi connectivity index (χ1) is 21.3. The fourth-order valence-electron chi connectivity index (χ4n) is 5.59. The van der Waals surface area contributed by atoms with Crippen LogP contribution in [0.4, 0.5) is 0 Å². The number of esters is 1. The topological polar surface area (TPSA) is 92.7 Å². The molecule has 0 fully saturated rings. The van der Waals surface area contributed by atoms with Gasteiger partial charge in [-0.2, -0.15) is 0 Å². The highest BCUT2D eigenvalue weighted by Crippen LogP contribution is 2.51. The van der Waals surface area contributed by atoms with Gasteiger partial charge in [-0.15, -0.1) is 0 Å². The van der Waals surface area contributed by atoms with Crippen molar-refractivity contribution in [1.82, 2.24) is 0 Å². The Labute approximate surface area is 260 Å². The Kier molecular flexibility index (Phi) is 11.3. The summed E-state index contributed by atoms with van der Waals surface area (Å²) in [5.41, 5.74) is 2.77. The van der Waals surface area contributed by atoms with Crippen molar-refractivity contribution in [3.05, 3.63) is 88.5 Å². The van der Waals surface area contributed by atoms with E-state index in [1.54, 1.807) is 64.8 Å². The molecule has 3 aromatic rings. The molecular formula is C36H44O8. The summed E-state index contributed by atoms with van der Waals surface area (Å²) in [4.78, 5) is 13.9. The van der Waals surface area contributed by atoms with Crippen LogP contribution in [0.3, 0.4) is 0 Å². The summed E-state index contributed by atoms with van der Waals surface area (Å²) in [6, 6.07) is 17.8. The van der Waals surface area contributed by atoms with Crippen molar-refractivity contribution < 1.29 is 38.3 Å². The standard InChI is InChI=1S/C36H44O8/c1-7-8-9-10-11-12-18-43-34(25-14-13-15-28(20-25)39-3)33-32(26-21-29(40-4)23-30(22-26)41-5)35(37)44-36(33,38)27-16-17-31(42-6)24(2)19-27/h13-17,19-23,34,38H,7-12,18H2,1-6H3. The third-order valence-electron chi connectivity index (χ3n) is 7.95. The Balaban J connectivity index is 1.92. The SMILES string of the molecule is CCCCCCCCOC(C1=C(c2cc(OC)cc(OC)c2)C(=O)OC1(O)c1ccc(OC)c(C)c1)c1cccc(OC)c1. The summed E-state index contributed by atoms with van der Waals surface area (Å²) >= 11 is 0. The number of hydrogen-bond donors (Lipinski definition) is 1. The van der Waals surface area contributed by atoms with E-state index in [1.807, 2.05) is 31.2 Å². The summed E-state index contributed by atoms with van der Waals surface area (Å²) in [5, 5.41) is 12.5. The van der Waals surface area contributed by atoms with Crippen LogP contribution >= 0.6 is 0 Å². The summed E-state index contributed by atoms with van der Waals surface area (Å²) in [6.07, 6.45) is 5.68. The van der Waals surface area contributed by atoms with Crippen molar-refractivity contribution in [2.75, 3.05) is 35.0 Å². The van der Waals surface area contributed by atoms with Crippen molar-refractivity contribution in [3.63, 3.8) is 0 Å². The first-order valence-electron chi connectivity index (χ1n) is 15.1. The molecule has 0 aromatic heterocycles. The maximum atomic E-state index is 13.9. The molecule has 0 spiro atoms. The van der Waals surface area contributed by atoms with Crippen LogP contribution < -0.4 is 18.9 Å². The molecule has 1 N–H and O–H groups in total. The zero-order valence-electron chi connectivity index (χ0n) is 26.6. The van der Waals surface area contributed by atoms with Crippen molar-refractivity contribution >= 4 is 11.5 Å². The smallest absolute Gasteiger partial charge is 0.342 e. The minimum atomic E-state index is -2.14. The fourth-order valence-corrected chi connectivity index (χ4v) is 5.59. The third kappa shape index (κ3) is 7.20. The van der Waals surface area contributed by atoms with Gasteiger partial charge >= 0.3 is 5.97 Å². The Morgan fingerprint density at radius 2 is 1.48 bits per heavy atom. The van der Waals surface area contributed by atoms with Crippen molar-refractivity contribution in [1.29, 1.82) is 0 Å². The highest BCUT2D eigenvalue weighted by molar-refractivity contribution is 6.20. The van der Waals surface area contributed by atoms with E-state index in [-0.39, 0.29) is 11.1 Å². The molecule has 0 saturated heterocycles. The molecule has 0 aliphatic carbocycles. The molecule has 2 unspecified atom stereocenters. The lowest BCUT2D eigenvalue weighted by Gasteiger charge is -2.31. The number of carbonyl (C=O) groups is 1. The highest BCUT2D eigenvalue weighted by Gasteiger charge is 2.52. The van der Waals surface area contributed by atoms with Crippen LogP contribution in [-0.2, 0) is 20.1 Å². The quantitative estimate of drug-likeness (QED) is 0.134. The van der Waals surface area contributed by atoms with E-state index in [0.29, 0.717) is 46.3 Å². The number of unbranched alkanes of at least 4 members (excludes halogenated alkanes) is 5. The average molecular weight is 605 g/mol. The minimum absolute atomic E-state index is 0.175. The average Bonchev–Trinajstić information content (AvgIpc) is 3.32. The molecule has 8 nitrogen and oxygen atoms in total. The Bertz CT molecular complexity index is 1440. The number of hydrogen-bond acceptors (Lipinski definition) is 8. The monoisotopic (exact) mass is 604 g/mol. The van der Waals surface area contributed by atoms with E-state index >= 15 is 0 Å². The zero-order chi connectivity index (χ0) is 31.7. The van der Waals surface area contributed by atoms with Gasteiger partial charge in [-0.25, -0.2) is 4.79 Å². The summed E-state index contributed by atoms with van der Waals surface area (Å²) < 4.78 is 34.6. The van der Waals surface area contributed by atoms with E-state index in [2.05, 4.69) is 6.92 Å².